The summed E-state index contributed by atoms with van der Waals surface area (Å²) in [5.41, 5.74) is -0.0395. The Kier molecular flexibility index (Phi) is 58.9. The minimum Gasteiger partial charge on any atom is -0.482 e. The number of benzene rings is 3. The van der Waals surface area contributed by atoms with Crippen LogP contribution in [0.4, 0.5) is 0 Å². The Morgan fingerprint density at radius 1 is 0.343 bits per heavy atom. The van der Waals surface area contributed by atoms with Crippen LogP contribution >= 0.6 is 0 Å². The number of ether oxygens (including phenoxy) is 10. The third-order valence-electron chi connectivity index (χ3n) is 29.9. The predicted octanol–water partition coefficient (Wildman–Crippen LogP) is 32.8. The topological polar surface area (TPSA) is 212 Å². The molecule has 3 aromatic rings. The first kappa shape index (κ1) is 129. The van der Waals surface area contributed by atoms with Gasteiger partial charge in [0.05, 0.1) is 21.7 Å². The fraction of sp³-hybridized carbons (Fsp3) is 0.786. The third-order valence-corrected chi connectivity index (χ3v) is 29.9. The van der Waals surface area contributed by atoms with Crippen molar-refractivity contribution in [1.82, 2.24) is 0 Å². The molecule has 17 nitrogen and oxygen atoms in total. The Hall–Kier alpha value is -6.65. The molecule has 0 aliphatic heterocycles. The van der Waals surface area contributed by atoms with E-state index in [2.05, 4.69) is 198 Å². The lowest BCUT2D eigenvalue weighted by molar-refractivity contribution is -0.194. The maximum atomic E-state index is 12.4. The van der Waals surface area contributed by atoms with Gasteiger partial charge in [-0.25, -0.2) is 14.4 Å². The molecule has 0 radical (unpaired) electrons. The molecule has 0 spiro atoms. The average molecular weight is 1880 g/mol. The lowest BCUT2D eigenvalue weighted by Crippen LogP contribution is -2.52. The zero-order valence-electron chi connectivity index (χ0n) is 94.2. The van der Waals surface area contributed by atoms with Crippen LogP contribution in [0.1, 0.15) is 499 Å². The summed E-state index contributed by atoms with van der Waals surface area (Å²) in [6, 6.07) is 23.9. The molecule has 8 atom stereocenters. The van der Waals surface area contributed by atoms with Crippen LogP contribution in [-0.4, -0.2) is 101 Å². The molecule has 17 heteroatoms. The number of carbonyl (C=O) groups is 7. The Balaban J connectivity index is 0. The lowest BCUT2D eigenvalue weighted by Gasteiger charge is -2.48. The summed E-state index contributed by atoms with van der Waals surface area (Å²) in [5.74, 6) is 4.41. The van der Waals surface area contributed by atoms with Gasteiger partial charge in [-0.2, -0.15) is 0 Å². The van der Waals surface area contributed by atoms with Crippen LogP contribution < -0.4 is 14.2 Å². The Morgan fingerprint density at radius 2 is 0.716 bits per heavy atom. The quantitative estimate of drug-likeness (QED) is 0.0380. The summed E-state index contributed by atoms with van der Waals surface area (Å²) < 4.78 is 57.0. The monoisotopic (exact) mass is 1880 g/mol. The van der Waals surface area contributed by atoms with Gasteiger partial charge in [0, 0.05) is 5.41 Å². The second-order valence-electron chi connectivity index (χ2n) is 44.7. The smallest absolute Gasteiger partial charge is 0.344 e. The van der Waals surface area contributed by atoms with Crippen molar-refractivity contribution in [2.24, 2.45) is 56.7 Å². The predicted molar refractivity (Wildman–Crippen MR) is 558 cm³/mol. The number of esters is 7. The third kappa shape index (κ3) is 43.4. The van der Waals surface area contributed by atoms with Gasteiger partial charge in [0.2, 0.25) is 0 Å². The molecule has 0 heterocycles. The van der Waals surface area contributed by atoms with Gasteiger partial charge in [0.25, 0.3) is 0 Å². The van der Waals surface area contributed by atoms with E-state index in [1.165, 1.54) is 23.1 Å². The molecule has 5 rings (SSSR count). The first-order valence-electron chi connectivity index (χ1n) is 52.8. The van der Waals surface area contributed by atoms with Crippen LogP contribution in [0.2, 0.25) is 0 Å². The fourth-order valence-electron chi connectivity index (χ4n) is 16.8. The van der Waals surface area contributed by atoms with Gasteiger partial charge in [0.15, 0.2) is 19.8 Å². The minimum absolute atomic E-state index is 0.00950. The van der Waals surface area contributed by atoms with Crippen LogP contribution in [-0.2, 0) is 66.7 Å². The zero-order valence-corrected chi connectivity index (χ0v) is 94.2. The molecule has 2 fully saturated rings. The maximum Gasteiger partial charge on any atom is 0.344 e. The van der Waals surface area contributed by atoms with Crippen LogP contribution in [0.3, 0.4) is 0 Å². The minimum atomic E-state index is -0.471. The van der Waals surface area contributed by atoms with E-state index in [0.717, 1.165) is 178 Å². The van der Waals surface area contributed by atoms with Crippen LogP contribution in [0.5, 0.6) is 17.2 Å². The van der Waals surface area contributed by atoms with Crippen LogP contribution in [0, 0.1) is 56.7 Å². The van der Waals surface area contributed by atoms with E-state index in [4.69, 9.17) is 47.4 Å². The number of hydrogen-bond donors (Lipinski definition) is 0. The van der Waals surface area contributed by atoms with Gasteiger partial charge in [0.1, 0.15) is 56.5 Å². The molecule has 0 N–H and O–H groups in total. The SMILES string of the molecule is CCC(C)(C)C(=O)OC(CC)(C(C)C)C(C)(C)C.CCC(C)C(CC)(OC(=O)C(C)(C)CC)C(C)C.CCC(C)c1ccc(OCC(=O)OC(C)(C)C)cc1.CCC(C)c1ccc(OCC(=O)OC2(CC)CCCCC2)cc1.CCC(C)c1cccc(OCC(=O)OC2(C)CCCC2)c1.CCCC(CC)(OC(=O)C(C)(C)CC)C(C)C.CCCCC(CC)(OC(=O)C(C)(C)CC)C(C)C. The van der Waals surface area contributed by atoms with E-state index < -0.39 is 16.6 Å². The van der Waals surface area contributed by atoms with E-state index in [0.29, 0.717) is 53.1 Å². The molecule has 0 bridgehead atoms. The fourth-order valence-corrected chi connectivity index (χ4v) is 16.8. The van der Waals surface area contributed by atoms with E-state index in [9.17, 15) is 33.6 Å². The second-order valence-corrected chi connectivity index (χ2v) is 44.7. The summed E-state index contributed by atoms with van der Waals surface area (Å²) in [5, 5.41) is 0. The normalized spacial score (nSPS) is 16.5. The largest absolute Gasteiger partial charge is 0.482 e. The van der Waals surface area contributed by atoms with Gasteiger partial charge in [-0.3, -0.25) is 19.2 Å². The number of unbranched alkanes of at least 4 members (excludes halogenated alkanes) is 1. The number of hydrogen-bond acceptors (Lipinski definition) is 17. The van der Waals surface area contributed by atoms with Crippen molar-refractivity contribution in [2.45, 2.75) is 521 Å². The van der Waals surface area contributed by atoms with E-state index in [1.54, 1.807) is 0 Å². The Morgan fingerprint density at radius 3 is 1.04 bits per heavy atom. The molecule has 134 heavy (non-hydrogen) atoms. The zero-order chi connectivity index (χ0) is 104. The van der Waals surface area contributed by atoms with Crippen LogP contribution in [0.15, 0.2) is 72.8 Å². The first-order valence-corrected chi connectivity index (χ1v) is 52.8. The lowest BCUT2D eigenvalue weighted by atomic mass is 9.68. The standard InChI is InChI=1S/C20H30O3.C18H26O3.C16H24O3.3C16H32O2.C15H30O2/c1-4-16(3)17-9-11-18(12-10-17)22-15-19(21)23-20(5-2)13-7-6-8-14-20;1-4-14(2)15-8-7-9-16(12-15)20-13-17(19)21-18(3)10-5-6-11-18;1-6-12(2)13-7-9-14(10-8-13)18-11-15(17)19-16(3,4)5;1-10-15(8,9)13(17)18-16(11-2,12(3)4)14(5,6)7;1-9-13(6)16(11-3,12(4)5)18-14(17)15(7,8)10-2;1-8-11-12-16(10-3,13(4)5)18-14(17)15(6,7)9-2;1-8-11-15(10-3,12(4)5)17-13(16)14(6,7)9-2/h9-12,16H,4-8,13-15H2,1-3H3;7-9,12,14H,4-6,10-11,13H2,1-3H3;7-10,12H,6,11H2,1-5H3;12H,10-11H2,1-9H3;12-13H,9-11H2,1-8H3;13H,8-12H2,1-7H3;12H,8-11H2,1-7H3. The van der Waals surface area contributed by atoms with Crippen molar-refractivity contribution in [3.63, 3.8) is 0 Å². The summed E-state index contributed by atoms with van der Waals surface area (Å²) in [6.45, 7) is 87.3. The molecular weight excluding hydrogens is 1680 g/mol. The highest BCUT2D eigenvalue weighted by atomic mass is 16.6. The number of carbonyl (C=O) groups excluding carboxylic acids is 7. The van der Waals surface area contributed by atoms with Gasteiger partial charge in [-0.15, -0.1) is 0 Å². The number of rotatable bonds is 45. The van der Waals surface area contributed by atoms with E-state index >= 15 is 0 Å². The second kappa shape index (κ2) is 61.0. The highest BCUT2D eigenvalue weighted by Gasteiger charge is 2.50. The van der Waals surface area contributed by atoms with E-state index in [1.807, 2.05) is 165 Å². The highest BCUT2D eigenvalue weighted by Crippen LogP contribution is 2.46. The Labute approximate surface area is 822 Å². The van der Waals surface area contributed by atoms with Crippen molar-refractivity contribution >= 4 is 41.8 Å². The summed E-state index contributed by atoms with van der Waals surface area (Å²) in [4.78, 5) is 84.8. The molecule has 8 unspecified atom stereocenters. The summed E-state index contributed by atoms with van der Waals surface area (Å²) in [6.07, 6.45) is 27.0. The Bertz CT molecular complexity index is 3760. The molecule has 3 aromatic carbocycles. The van der Waals surface area contributed by atoms with E-state index in [-0.39, 0.29) is 111 Å². The van der Waals surface area contributed by atoms with Crippen molar-refractivity contribution < 1.29 is 80.9 Å². The highest BCUT2D eigenvalue weighted by molar-refractivity contribution is 5.78. The molecule has 2 aliphatic rings. The summed E-state index contributed by atoms with van der Waals surface area (Å²) in [7, 11) is 0. The molecule has 776 valence electrons. The molecule has 2 aliphatic carbocycles. The molecule has 2 saturated carbocycles. The van der Waals surface area contributed by atoms with Crippen molar-refractivity contribution in [1.29, 1.82) is 0 Å². The average Bonchev–Trinajstić information content (AvgIpc) is 0.858. The van der Waals surface area contributed by atoms with Gasteiger partial charge in [-0.05, 0) is 338 Å². The molecule has 0 aromatic heterocycles. The first-order chi connectivity index (χ1) is 62.0. The molecule has 0 saturated heterocycles. The molecule has 0 amide bonds. The summed E-state index contributed by atoms with van der Waals surface area (Å²) >= 11 is 0. The van der Waals surface area contributed by atoms with Gasteiger partial charge < -0.3 is 47.4 Å². The van der Waals surface area contributed by atoms with Crippen LogP contribution in [0.25, 0.3) is 0 Å². The van der Waals surface area contributed by atoms with Gasteiger partial charge in [-0.1, -0.05) is 263 Å². The molecular formula is C117H206O17. The van der Waals surface area contributed by atoms with Gasteiger partial charge >= 0.3 is 41.8 Å². The van der Waals surface area contributed by atoms with Crippen molar-refractivity contribution in [3.05, 3.63) is 89.5 Å². The van der Waals surface area contributed by atoms with Crippen molar-refractivity contribution in [3.8, 4) is 17.2 Å². The van der Waals surface area contributed by atoms with Crippen molar-refractivity contribution in [2.75, 3.05) is 19.8 Å². The maximum absolute atomic E-state index is 12.4.